The summed E-state index contributed by atoms with van der Waals surface area (Å²) in [4.78, 5) is 2.43. The van der Waals surface area contributed by atoms with Gasteiger partial charge in [0, 0.05) is 37.9 Å². The standard InChI is InChI=1S/C20H25ClN2O3S/c1-2-3-15-26-20-16-18(9-10-19(20)21)27(24,25)23-13-11-22(12-14-23)17-7-5-4-6-8-17/h4-10,16H,2-3,11-15H2,1H3. The van der Waals surface area contributed by atoms with Gasteiger partial charge in [-0.05, 0) is 30.7 Å². The lowest BCUT2D eigenvalue weighted by Crippen LogP contribution is -2.48. The highest BCUT2D eigenvalue weighted by atomic mass is 35.5. The van der Waals surface area contributed by atoms with Crippen molar-refractivity contribution in [3.8, 4) is 5.75 Å². The second kappa shape index (κ2) is 8.95. The van der Waals surface area contributed by atoms with E-state index in [4.69, 9.17) is 16.3 Å². The number of ether oxygens (including phenoxy) is 1. The second-order valence-corrected chi connectivity index (χ2v) is 8.87. The Morgan fingerprint density at radius 3 is 2.41 bits per heavy atom. The monoisotopic (exact) mass is 408 g/mol. The minimum atomic E-state index is -3.57. The maximum atomic E-state index is 13.0. The fraction of sp³-hybridized carbons (Fsp3) is 0.400. The van der Waals surface area contributed by atoms with Gasteiger partial charge >= 0.3 is 0 Å². The lowest BCUT2D eigenvalue weighted by molar-refractivity contribution is 0.308. The minimum Gasteiger partial charge on any atom is -0.492 e. The van der Waals surface area contributed by atoms with Gasteiger partial charge in [0.2, 0.25) is 10.0 Å². The number of hydrogen-bond acceptors (Lipinski definition) is 4. The molecule has 2 aromatic carbocycles. The van der Waals surface area contributed by atoms with E-state index in [0.29, 0.717) is 43.6 Å². The van der Waals surface area contributed by atoms with Crippen LogP contribution in [-0.2, 0) is 10.0 Å². The number of nitrogens with zero attached hydrogens (tertiary/aromatic N) is 2. The van der Waals surface area contributed by atoms with Crippen molar-refractivity contribution in [3.63, 3.8) is 0 Å². The molecule has 0 aromatic heterocycles. The van der Waals surface area contributed by atoms with Crippen molar-refractivity contribution in [2.24, 2.45) is 0 Å². The van der Waals surface area contributed by atoms with Crippen molar-refractivity contribution >= 4 is 27.3 Å². The predicted molar refractivity (Wildman–Crippen MR) is 109 cm³/mol. The van der Waals surface area contributed by atoms with E-state index in [1.807, 2.05) is 30.3 Å². The van der Waals surface area contributed by atoms with Gasteiger partial charge in [0.1, 0.15) is 5.75 Å². The molecule has 0 spiro atoms. The van der Waals surface area contributed by atoms with E-state index >= 15 is 0 Å². The molecule has 0 radical (unpaired) electrons. The van der Waals surface area contributed by atoms with Crippen LogP contribution >= 0.6 is 11.6 Å². The zero-order valence-electron chi connectivity index (χ0n) is 15.5. The summed E-state index contributed by atoms with van der Waals surface area (Å²) >= 11 is 6.16. The van der Waals surface area contributed by atoms with E-state index in [2.05, 4.69) is 11.8 Å². The Labute approximate surface area is 166 Å². The van der Waals surface area contributed by atoms with Crippen LogP contribution in [0.15, 0.2) is 53.4 Å². The molecular formula is C20H25ClN2O3S. The molecule has 0 unspecified atom stereocenters. The summed E-state index contributed by atoms with van der Waals surface area (Å²) in [6, 6.07) is 14.7. The van der Waals surface area contributed by atoms with Crippen molar-refractivity contribution in [3.05, 3.63) is 53.6 Å². The summed E-state index contributed by atoms with van der Waals surface area (Å²) in [5.41, 5.74) is 1.12. The zero-order chi connectivity index (χ0) is 19.3. The van der Waals surface area contributed by atoms with E-state index in [1.165, 1.54) is 10.4 Å². The first-order chi connectivity index (χ1) is 13.0. The van der Waals surface area contributed by atoms with Crippen molar-refractivity contribution in [1.29, 1.82) is 0 Å². The fourth-order valence-electron chi connectivity index (χ4n) is 3.06. The van der Waals surface area contributed by atoms with Gasteiger partial charge in [0.25, 0.3) is 0 Å². The molecule has 0 bridgehead atoms. The molecule has 0 aliphatic carbocycles. The number of benzene rings is 2. The van der Waals surface area contributed by atoms with Crippen LogP contribution in [0.2, 0.25) is 5.02 Å². The first kappa shape index (κ1) is 20.0. The number of unbranched alkanes of at least 4 members (excludes halogenated alkanes) is 1. The molecule has 1 saturated heterocycles. The highest BCUT2D eigenvalue weighted by Gasteiger charge is 2.29. The summed E-state index contributed by atoms with van der Waals surface area (Å²) < 4.78 is 33.3. The lowest BCUT2D eigenvalue weighted by atomic mass is 10.2. The molecule has 1 fully saturated rings. The number of hydrogen-bond donors (Lipinski definition) is 0. The molecule has 2 aromatic rings. The molecule has 146 valence electrons. The molecule has 1 aliphatic heterocycles. The number of para-hydroxylation sites is 1. The third-order valence-corrected chi connectivity index (χ3v) is 6.86. The summed E-state index contributed by atoms with van der Waals surface area (Å²) in [5, 5.41) is 0.430. The largest absolute Gasteiger partial charge is 0.492 e. The molecular weight excluding hydrogens is 384 g/mol. The average molecular weight is 409 g/mol. The van der Waals surface area contributed by atoms with Gasteiger partial charge in [0.15, 0.2) is 0 Å². The Hall–Kier alpha value is -1.76. The molecule has 0 amide bonds. The Kier molecular flexibility index (Phi) is 6.63. The van der Waals surface area contributed by atoms with E-state index in [1.54, 1.807) is 12.1 Å². The Bertz CT molecular complexity index is 851. The van der Waals surface area contributed by atoms with Crippen molar-refractivity contribution in [1.82, 2.24) is 4.31 Å². The summed E-state index contributed by atoms with van der Waals surface area (Å²) in [7, 11) is -3.57. The van der Waals surface area contributed by atoms with Crippen LogP contribution in [0.3, 0.4) is 0 Å². The van der Waals surface area contributed by atoms with E-state index in [-0.39, 0.29) is 4.90 Å². The number of rotatable bonds is 7. The first-order valence-corrected chi connectivity index (χ1v) is 11.1. The maximum absolute atomic E-state index is 13.0. The number of piperazine rings is 1. The molecule has 3 rings (SSSR count). The summed E-state index contributed by atoms with van der Waals surface area (Å²) in [6.45, 7) is 4.82. The number of sulfonamides is 1. The average Bonchev–Trinajstić information content (AvgIpc) is 2.70. The van der Waals surface area contributed by atoms with E-state index in [9.17, 15) is 8.42 Å². The molecule has 27 heavy (non-hydrogen) atoms. The van der Waals surface area contributed by atoms with Crippen LogP contribution in [0.4, 0.5) is 5.69 Å². The third-order valence-electron chi connectivity index (χ3n) is 4.66. The van der Waals surface area contributed by atoms with Crippen LogP contribution in [0, 0.1) is 0 Å². The molecule has 0 N–H and O–H groups in total. The van der Waals surface area contributed by atoms with Crippen LogP contribution in [0.25, 0.3) is 0 Å². The van der Waals surface area contributed by atoms with Gasteiger partial charge in [-0.1, -0.05) is 43.1 Å². The minimum absolute atomic E-state index is 0.228. The summed E-state index contributed by atoms with van der Waals surface area (Å²) in [5.74, 6) is 0.425. The summed E-state index contributed by atoms with van der Waals surface area (Å²) in [6.07, 6.45) is 1.90. The van der Waals surface area contributed by atoms with Gasteiger partial charge < -0.3 is 9.64 Å². The van der Waals surface area contributed by atoms with Gasteiger partial charge in [-0.15, -0.1) is 0 Å². The predicted octanol–water partition coefficient (Wildman–Crippen LogP) is 4.03. The topological polar surface area (TPSA) is 49.9 Å². The highest BCUT2D eigenvalue weighted by molar-refractivity contribution is 7.89. The maximum Gasteiger partial charge on any atom is 0.243 e. The fourth-order valence-corrected chi connectivity index (χ4v) is 4.67. The molecule has 5 nitrogen and oxygen atoms in total. The second-order valence-electron chi connectivity index (χ2n) is 6.52. The SMILES string of the molecule is CCCCOc1cc(S(=O)(=O)N2CCN(c3ccccc3)CC2)ccc1Cl. The quantitative estimate of drug-likeness (QED) is 0.649. The van der Waals surface area contributed by atoms with E-state index < -0.39 is 10.0 Å². The number of halogens is 1. The highest BCUT2D eigenvalue weighted by Crippen LogP contribution is 2.30. The smallest absolute Gasteiger partial charge is 0.243 e. The Morgan fingerprint density at radius 1 is 1.04 bits per heavy atom. The zero-order valence-corrected chi connectivity index (χ0v) is 17.0. The van der Waals surface area contributed by atoms with Crippen molar-refractivity contribution in [2.75, 3.05) is 37.7 Å². The van der Waals surface area contributed by atoms with Gasteiger partial charge in [-0.3, -0.25) is 0 Å². The van der Waals surface area contributed by atoms with Gasteiger partial charge in [0.05, 0.1) is 16.5 Å². The Balaban J connectivity index is 1.70. The van der Waals surface area contributed by atoms with Crippen LogP contribution in [0.5, 0.6) is 5.75 Å². The first-order valence-electron chi connectivity index (χ1n) is 9.25. The molecule has 1 aliphatic rings. The molecule has 7 heteroatoms. The third kappa shape index (κ3) is 4.75. The van der Waals surface area contributed by atoms with Crippen LogP contribution in [-0.4, -0.2) is 45.5 Å². The molecule has 0 saturated carbocycles. The number of anilines is 1. The van der Waals surface area contributed by atoms with Crippen molar-refractivity contribution < 1.29 is 13.2 Å². The van der Waals surface area contributed by atoms with Gasteiger partial charge in [-0.2, -0.15) is 4.31 Å². The van der Waals surface area contributed by atoms with Crippen molar-refractivity contribution in [2.45, 2.75) is 24.7 Å². The molecule has 1 heterocycles. The van der Waals surface area contributed by atoms with E-state index in [0.717, 1.165) is 18.5 Å². The van der Waals surface area contributed by atoms with Crippen LogP contribution in [0.1, 0.15) is 19.8 Å². The molecule has 0 atom stereocenters. The van der Waals surface area contributed by atoms with Crippen LogP contribution < -0.4 is 9.64 Å². The Morgan fingerprint density at radius 2 is 1.74 bits per heavy atom. The lowest BCUT2D eigenvalue weighted by Gasteiger charge is -2.35. The van der Waals surface area contributed by atoms with Gasteiger partial charge in [-0.25, -0.2) is 8.42 Å². The normalized spacial score (nSPS) is 15.7.